The van der Waals surface area contributed by atoms with Crippen LogP contribution in [-0.2, 0) is 0 Å². The van der Waals surface area contributed by atoms with Gasteiger partial charge in [0.1, 0.15) is 5.82 Å². The van der Waals surface area contributed by atoms with Gasteiger partial charge in [0, 0.05) is 16.6 Å². The fraction of sp³-hybridized carbons (Fsp3) is 0.118. The Morgan fingerprint density at radius 2 is 1.80 bits per heavy atom. The van der Waals surface area contributed by atoms with E-state index in [9.17, 15) is 4.39 Å². The van der Waals surface area contributed by atoms with Crippen molar-refractivity contribution in [3.63, 3.8) is 0 Å². The maximum Gasteiger partial charge on any atom is 0.124 e. The van der Waals surface area contributed by atoms with Gasteiger partial charge in [-0.15, -0.1) is 0 Å². The zero-order chi connectivity index (χ0) is 14.3. The molecule has 0 bridgehead atoms. The third-order valence-electron chi connectivity index (χ3n) is 3.46. The molecule has 100 valence electrons. The molecule has 0 saturated carbocycles. The highest BCUT2D eigenvalue weighted by Crippen LogP contribution is 2.29. The van der Waals surface area contributed by atoms with Crippen LogP contribution in [0.1, 0.15) is 11.1 Å². The highest BCUT2D eigenvalue weighted by Gasteiger charge is 2.09. The first-order valence-electron chi connectivity index (χ1n) is 6.48. The molecule has 2 N–H and O–H groups in total. The van der Waals surface area contributed by atoms with E-state index in [1.54, 1.807) is 6.07 Å². The van der Waals surface area contributed by atoms with Crippen LogP contribution in [0.3, 0.4) is 0 Å². The van der Waals surface area contributed by atoms with E-state index in [-0.39, 0.29) is 5.82 Å². The molecule has 0 amide bonds. The average molecular weight is 266 g/mol. The monoisotopic (exact) mass is 266 g/mol. The van der Waals surface area contributed by atoms with Gasteiger partial charge >= 0.3 is 0 Å². The first kappa shape index (κ1) is 12.6. The third kappa shape index (κ3) is 2.11. The Labute approximate surface area is 117 Å². The Balaban J connectivity index is 2.27. The van der Waals surface area contributed by atoms with Crippen molar-refractivity contribution in [2.45, 2.75) is 13.8 Å². The molecule has 1 heterocycles. The topological polar surface area (TPSA) is 38.9 Å². The lowest BCUT2D eigenvalue weighted by atomic mass is 10.0. The smallest absolute Gasteiger partial charge is 0.124 e. The van der Waals surface area contributed by atoms with Gasteiger partial charge in [-0.05, 0) is 55.8 Å². The SMILES string of the molecule is Cc1ccc2nc(-c3cc(F)ccc3N)cc(C)c2c1. The van der Waals surface area contributed by atoms with Crippen LogP contribution in [0.4, 0.5) is 10.1 Å². The molecule has 3 heteroatoms. The lowest BCUT2D eigenvalue weighted by Gasteiger charge is -2.09. The Morgan fingerprint density at radius 3 is 2.60 bits per heavy atom. The van der Waals surface area contributed by atoms with Crippen LogP contribution >= 0.6 is 0 Å². The maximum absolute atomic E-state index is 13.4. The van der Waals surface area contributed by atoms with Gasteiger partial charge in [0.05, 0.1) is 11.2 Å². The summed E-state index contributed by atoms with van der Waals surface area (Å²) in [5.74, 6) is -0.308. The summed E-state index contributed by atoms with van der Waals surface area (Å²) in [6.45, 7) is 4.08. The number of halogens is 1. The number of nitrogens with zero attached hydrogens (tertiary/aromatic N) is 1. The molecule has 0 radical (unpaired) electrons. The first-order valence-corrected chi connectivity index (χ1v) is 6.48. The van der Waals surface area contributed by atoms with Crippen LogP contribution in [-0.4, -0.2) is 4.98 Å². The predicted octanol–water partition coefficient (Wildman–Crippen LogP) is 4.24. The molecule has 2 aromatic carbocycles. The number of aryl methyl sites for hydroxylation is 2. The lowest BCUT2D eigenvalue weighted by molar-refractivity contribution is 0.628. The summed E-state index contributed by atoms with van der Waals surface area (Å²) in [5.41, 5.74) is 11.0. The van der Waals surface area contributed by atoms with Crippen molar-refractivity contribution >= 4 is 16.6 Å². The van der Waals surface area contributed by atoms with Crippen molar-refractivity contribution in [2.75, 3.05) is 5.73 Å². The number of aromatic nitrogens is 1. The fourth-order valence-corrected chi connectivity index (χ4v) is 2.40. The molecule has 20 heavy (non-hydrogen) atoms. The molecular formula is C17H15FN2. The number of pyridine rings is 1. The van der Waals surface area contributed by atoms with Crippen molar-refractivity contribution in [1.82, 2.24) is 4.98 Å². The number of nitrogen functional groups attached to an aromatic ring is 1. The van der Waals surface area contributed by atoms with E-state index in [0.717, 1.165) is 16.5 Å². The minimum Gasteiger partial charge on any atom is -0.398 e. The third-order valence-corrected chi connectivity index (χ3v) is 3.46. The van der Waals surface area contributed by atoms with Gasteiger partial charge in [0.25, 0.3) is 0 Å². The number of hydrogen-bond acceptors (Lipinski definition) is 2. The Hall–Kier alpha value is -2.42. The van der Waals surface area contributed by atoms with Crippen molar-refractivity contribution in [2.24, 2.45) is 0 Å². The van der Waals surface area contributed by atoms with Crippen LogP contribution in [0, 0.1) is 19.7 Å². The predicted molar refractivity (Wildman–Crippen MR) is 81.0 cm³/mol. The number of fused-ring (bicyclic) bond motifs is 1. The van der Waals surface area contributed by atoms with Crippen LogP contribution in [0.5, 0.6) is 0 Å². The van der Waals surface area contributed by atoms with Gasteiger partial charge in [-0.1, -0.05) is 11.6 Å². The molecule has 3 rings (SSSR count). The maximum atomic E-state index is 13.4. The van der Waals surface area contributed by atoms with E-state index >= 15 is 0 Å². The summed E-state index contributed by atoms with van der Waals surface area (Å²) in [5, 5.41) is 1.11. The minimum atomic E-state index is -0.308. The van der Waals surface area contributed by atoms with Crippen LogP contribution in [0.25, 0.3) is 22.2 Å². The van der Waals surface area contributed by atoms with Crippen LogP contribution in [0.15, 0.2) is 42.5 Å². The minimum absolute atomic E-state index is 0.308. The molecule has 2 nitrogen and oxygen atoms in total. The van der Waals surface area contributed by atoms with Gasteiger partial charge in [-0.2, -0.15) is 0 Å². The highest BCUT2D eigenvalue weighted by atomic mass is 19.1. The Kier molecular flexibility index (Phi) is 2.90. The summed E-state index contributed by atoms with van der Waals surface area (Å²) in [4.78, 5) is 4.60. The molecule has 0 aliphatic rings. The number of anilines is 1. The summed E-state index contributed by atoms with van der Waals surface area (Å²) in [6, 6.07) is 12.4. The molecule has 0 saturated heterocycles. The summed E-state index contributed by atoms with van der Waals surface area (Å²) < 4.78 is 13.4. The van der Waals surface area contributed by atoms with Crippen LogP contribution in [0.2, 0.25) is 0 Å². The van der Waals surface area contributed by atoms with E-state index in [4.69, 9.17) is 5.73 Å². The molecule has 3 aromatic rings. The average Bonchev–Trinajstić information content (AvgIpc) is 2.42. The molecular weight excluding hydrogens is 251 g/mol. The standard InChI is InChI=1S/C17H15FN2/c1-10-3-6-16-13(7-10)11(2)8-17(20-16)14-9-12(18)4-5-15(14)19/h3-9H,19H2,1-2H3. The summed E-state index contributed by atoms with van der Waals surface area (Å²) in [7, 11) is 0. The van der Waals surface area contributed by atoms with E-state index in [2.05, 4.69) is 18.0 Å². The van der Waals surface area contributed by atoms with Gasteiger partial charge in [-0.25, -0.2) is 9.37 Å². The lowest BCUT2D eigenvalue weighted by Crippen LogP contribution is -1.95. The quantitative estimate of drug-likeness (QED) is 0.669. The van der Waals surface area contributed by atoms with Crippen molar-refractivity contribution in [3.05, 3.63) is 59.4 Å². The Morgan fingerprint density at radius 1 is 1.00 bits per heavy atom. The second-order valence-corrected chi connectivity index (χ2v) is 5.08. The molecule has 0 unspecified atom stereocenters. The summed E-state index contributed by atoms with van der Waals surface area (Å²) >= 11 is 0. The van der Waals surface area contributed by atoms with Gasteiger partial charge in [0.15, 0.2) is 0 Å². The fourth-order valence-electron chi connectivity index (χ4n) is 2.40. The van der Waals surface area contributed by atoms with E-state index in [0.29, 0.717) is 16.9 Å². The summed E-state index contributed by atoms with van der Waals surface area (Å²) in [6.07, 6.45) is 0. The molecule has 0 aliphatic heterocycles. The number of hydrogen-bond donors (Lipinski definition) is 1. The molecule has 0 atom stereocenters. The van der Waals surface area contributed by atoms with Gasteiger partial charge < -0.3 is 5.73 Å². The largest absolute Gasteiger partial charge is 0.398 e. The number of rotatable bonds is 1. The van der Waals surface area contributed by atoms with Crippen LogP contribution < -0.4 is 5.73 Å². The molecule has 0 fully saturated rings. The van der Waals surface area contributed by atoms with Gasteiger partial charge in [0.2, 0.25) is 0 Å². The van der Waals surface area contributed by atoms with Crippen molar-refractivity contribution in [3.8, 4) is 11.3 Å². The van der Waals surface area contributed by atoms with E-state index < -0.39 is 0 Å². The van der Waals surface area contributed by atoms with E-state index in [1.807, 2.05) is 25.1 Å². The Bertz CT molecular complexity index is 809. The molecule has 0 aliphatic carbocycles. The van der Waals surface area contributed by atoms with Crippen molar-refractivity contribution < 1.29 is 4.39 Å². The van der Waals surface area contributed by atoms with Crippen molar-refractivity contribution in [1.29, 1.82) is 0 Å². The molecule has 0 spiro atoms. The highest BCUT2D eigenvalue weighted by molar-refractivity contribution is 5.87. The number of benzene rings is 2. The second kappa shape index (κ2) is 4.60. The second-order valence-electron chi connectivity index (χ2n) is 5.08. The van der Waals surface area contributed by atoms with Gasteiger partial charge in [-0.3, -0.25) is 0 Å². The molecule has 1 aromatic heterocycles. The first-order chi connectivity index (χ1) is 9.54. The number of nitrogens with two attached hydrogens (primary N) is 1. The van der Waals surface area contributed by atoms with E-state index in [1.165, 1.54) is 17.7 Å². The normalized spacial score (nSPS) is 10.9. The zero-order valence-corrected chi connectivity index (χ0v) is 11.4. The zero-order valence-electron chi connectivity index (χ0n) is 11.4.